The molecule has 0 bridgehead atoms. The molecular weight excluding hydrogens is 334 g/mol. The third kappa shape index (κ3) is 4.92. The molecule has 7 heteroatoms. The summed E-state index contributed by atoms with van der Waals surface area (Å²) in [6, 6.07) is 13.2. The number of nitrogens with zero attached hydrogens (tertiary/aromatic N) is 1. The van der Waals surface area contributed by atoms with Crippen molar-refractivity contribution in [2.75, 3.05) is 0 Å². The lowest BCUT2D eigenvalue weighted by atomic mass is 10.1. The Hall–Kier alpha value is -2.15. The van der Waals surface area contributed by atoms with Gasteiger partial charge in [-0.15, -0.1) is 0 Å². The zero-order chi connectivity index (χ0) is 17.0. The average Bonchev–Trinajstić information content (AvgIpc) is 2.48. The van der Waals surface area contributed by atoms with E-state index in [1.165, 1.54) is 12.1 Å². The Balaban J connectivity index is 2.47. The summed E-state index contributed by atoms with van der Waals surface area (Å²) in [6.45, 7) is 1.75. The molecule has 0 heterocycles. The second kappa shape index (κ2) is 6.95. The SMILES string of the molecule is CC(N)=CC(=Nc1ccc(Cl)cc1)c1ccc(S(N)(=O)=O)cc1. The Kier molecular flexibility index (Phi) is 5.20. The fourth-order valence-corrected chi connectivity index (χ4v) is 2.51. The Labute approximate surface area is 140 Å². The number of allylic oxidation sites excluding steroid dienone is 2. The van der Waals surface area contributed by atoms with Crippen LogP contribution < -0.4 is 10.9 Å². The highest BCUT2D eigenvalue weighted by molar-refractivity contribution is 7.89. The highest BCUT2D eigenvalue weighted by Gasteiger charge is 2.08. The van der Waals surface area contributed by atoms with Gasteiger partial charge in [0.05, 0.1) is 16.3 Å². The Morgan fingerprint density at radius 2 is 1.65 bits per heavy atom. The van der Waals surface area contributed by atoms with Crippen LogP contribution in [0.3, 0.4) is 0 Å². The minimum absolute atomic E-state index is 0.0422. The summed E-state index contributed by atoms with van der Waals surface area (Å²) in [5.41, 5.74) is 8.36. The van der Waals surface area contributed by atoms with Gasteiger partial charge in [0.25, 0.3) is 0 Å². The minimum atomic E-state index is -3.73. The molecule has 5 nitrogen and oxygen atoms in total. The van der Waals surface area contributed by atoms with Gasteiger partial charge in [-0.1, -0.05) is 23.7 Å². The van der Waals surface area contributed by atoms with Crippen LogP contribution in [0.1, 0.15) is 12.5 Å². The van der Waals surface area contributed by atoms with E-state index in [0.29, 0.717) is 22.1 Å². The third-order valence-corrected chi connectivity index (χ3v) is 4.10. The lowest BCUT2D eigenvalue weighted by Crippen LogP contribution is -2.12. The topological polar surface area (TPSA) is 98.5 Å². The van der Waals surface area contributed by atoms with Crippen molar-refractivity contribution in [2.24, 2.45) is 15.9 Å². The van der Waals surface area contributed by atoms with E-state index in [1.807, 2.05) is 0 Å². The molecule has 2 rings (SSSR count). The van der Waals surface area contributed by atoms with E-state index in [4.69, 9.17) is 22.5 Å². The van der Waals surface area contributed by atoms with E-state index in [-0.39, 0.29) is 4.90 Å². The first-order valence-electron chi connectivity index (χ1n) is 6.67. The number of rotatable bonds is 4. The third-order valence-electron chi connectivity index (χ3n) is 2.92. The lowest BCUT2D eigenvalue weighted by Gasteiger charge is -2.05. The van der Waals surface area contributed by atoms with Crippen molar-refractivity contribution >= 4 is 33.0 Å². The Bertz CT molecular complexity index is 851. The second-order valence-corrected chi connectivity index (χ2v) is 6.93. The molecule has 0 aromatic heterocycles. The van der Waals surface area contributed by atoms with E-state index >= 15 is 0 Å². The van der Waals surface area contributed by atoms with Gasteiger partial charge in [0.15, 0.2) is 0 Å². The zero-order valence-corrected chi connectivity index (χ0v) is 14.0. The Morgan fingerprint density at radius 3 is 2.13 bits per heavy atom. The quantitative estimate of drug-likeness (QED) is 0.830. The highest BCUT2D eigenvalue weighted by Crippen LogP contribution is 2.19. The van der Waals surface area contributed by atoms with Gasteiger partial charge >= 0.3 is 0 Å². The average molecular weight is 350 g/mol. The summed E-state index contributed by atoms with van der Waals surface area (Å²) in [5.74, 6) is 0. The summed E-state index contributed by atoms with van der Waals surface area (Å²) in [5, 5.41) is 5.72. The van der Waals surface area contributed by atoms with Gasteiger partial charge in [-0.2, -0.15) is 0 Å². The highest BCUT2D eigenvalue weighted by atomic mass is 35.5. The Morgan fingerprint density at radius 1 is 1.09 bits per heavy atom. The largest absolute Gasteiger partial charge is 0.402 e. The predicted octanol–water partition coefficient (Wildman–Crippen LogP) is 2.97. The molecule has 0 spiro atoms. The fraction of sp³-hybridized carbons (Fsp3) is 0.0625. The maximum atomic E-state index is 11.3. The van der Waals surface area contributed by atoms with Crippen LogP contribution in [-0.4, -0.2) is 14.1 Å². The number of halogens is 1. The molecule has 0 saturated carbocycles. The number of hydrogen-bond acceptors (Lipinski definition) is 4. The monoisotopic (exact) mass is 349 g/mol. The maximum Gasteiger partial charge on any atom is 0.238 e. The van der Waals surface area contributed by atoms with Gasteiger partial charge in [0.1, 0.15) is 0 Å². The van der Waals surface area contributed by atoms with E-state index < -0.39 is 10.0 Å². The van der Waals surface area contributed by atoms with Crippen molar-refractivity contribution < 1.29 is 8.42 Å². The van der Waals surface area contributed by atoms with Crippen LogP contribution >= 0.6 is 11.6 Å². The number of primary sulfonamides is 1. The van der Waals surface area contributed by atoms with Gasteiger partial charge in [-0.3, -0.25) is 0 Å². The number of aliphatic imine (C=N–C) groups is 1. The molecule has 0 unspecified atom stereocenters. The van der Waals surface area contributed by atoms with Crippen LogP contribution in [0.25, 0.3) is 0 Å². The summed E-state index contributed by atoms with van der Waals surface area (Å²) in [6.07, 6.45) is 1.71. The van der Waals surface area contributed by atoms with E-state index in [9.17, 15) is 8.42 Å². The van der Waals surface area contributed by atoms with Gasteiger partial charge < -0.3 is 5.73 Å². The van der Waals surface area contributed by atoms with Crippen molar-refractivity contribution in [1.29, 1.82) is 0 Å². The van der Waals surface area contributed by atoms with Crippen LogP contribution in [0.15, 0.2) is 70.2 Å². The van der Waals surface area contributed by atoms with Crippen LogP contribution in [0.5, 0.6) is 0 Å². The second-order valence-electron chi connectivity index (χ2n) is 4.93. The maximum absolute atomic E-state index is 11.3. The zero-order valence-electron chi connectivity index (χ0n) is 12.4. The molecule has 120 valence electrons. The first-order valence-corrected chi connectivity index (χ1v) is 8.59. The van der Waals surface area contributed by atoms with Crippen LogP contribution in [0, 0.1) is 0 Å². The van der Waals surface area contributed by atoms with Crippen molar-refractivity contribution in [1.82, 2.24) is 0 Å². The molecule has 2 aromatic rings. The molecular formula is C16H16ClN3O2S. The summed E-state index contributed by atoms with van der Waals surface area (Å²) in [4.78, 5) is 4.57. The van der Waals surface area contributed by atoms with Gasteiger partial charge in [0, 0.05) is 16.3 Å². The molecule has 0 radical (unpaired) electrons. The van der Waals surface area contributed by atoms with Gasteiger partial charge in [-0.05, 0) is 49.4 Å². The number of nitrogens with two attached hydrogens (primary N) is 2. The first-order chi connectivity index (χ1) is 10.8. The number of sulfonamides is 1. The van der Waals surface area contributed by atoms with Crippen molar-refractivity contribution in [2.45, 2.75) is 11.8 Å². The van der Waals surface area contributed by atoms with Crippen LogP contribution in [0.2, 0.25) is 5.02 Å². The van der Waals surface area contributed by atoms with E-state index in [1.54, 1.807) is 49.4 Å². The van der Waals surface area contributed by atoms with Crippen molar-refractivity contribution in [3.63, 3.8) is 0 Å². The summed E-state index contributed by atoms with van der Waals surface area (Å²) >= 11 is 5.86. The van der Waals surface area contributed by atoms with Crippen molar-refractivity contribution in [3.05, 3.63) is 70.9 Å². The van der Waals surface area contributed by atoms with Crippen molar-refractivity contribution in [3.8, 4) is 0 Å². The normalized spacial score (nSPS) is 13.2. The molecule has 0 amide bonds. The van der Waals surface area contributed by atoms with Gasteiger partial charge in [-0.25, -0.2) is 18.5 Å². The minimum Gasteiger partial charge on any atom is -0.402 e. The molecule has 0 aliphatic heterocycles. The van der Waals surface area contributed by atoms with Crippen LogP contribution in [-0.2, 0) is 10.0 Å². The molecule has 0 saturated heterocycles. The fourth-order valence-electron chi connectivity index (χ4n) is 1.87. The van der Waals surface area contributed by atoms with Gasteiger partial charge in [0.2, 0.25) is 10.0 Å². The van der Waals surface area contributed by atoms with E-state index in [2.05, 4.69) is 4.99 Å². The molecule has 23 heavy (non-hydrogen) atoms. The molecule has 4 N–H and O–H groups in total. The molecule has 0 atom stereocenters. The number of hydrogen-bond donors (Lipinski definition) is 2. The summed E-state index contributed by atoms with van der Waals surface area (Å²) in [7, 11) is -3.73. The van der Waals surface area contributed by atoms with Crippen LogP contribution in [0.4, 0.5) is 5.69 Å². The van der Waals surface area contributed by atoms with E-state index in [0.717, 1.165) is 5.56 Å². The number of benzene rings is 2. The molecule has 0 aliphatic carbocycles. The predicted molar refractivity (Wildman–Crippen MR) is 93.4 cm³/mol. The molecule has 0 fully saturated rings. The summed E-state index contributed by atoms with van der Waals surface area (Å²) < 4.78 is 22.6. The lowest BCUT2D eigenvalue weighted by molar-refractivity contribution is 0.598. The first kappa shape index (κ1) is 17.2. The molecule has 2 aromatic carbocycles. The molecule has 0 aliphatic rings. The standard InChI is InChI=1S/C16H16ClN3O2S/c1-11(18)10-16(20-14-6-4-13(17)5-7-14)12-2-8-15(9-3-12)23(19,21)22/h2-10H,18H2,1H3,(H2,19,21,22). The smallest absolute Gasteiger partial charge is 0.238 e.